The van der Waals surface area contributed by atoms with E-state index in [2.05, 4.69) is 5.10 Å². The van der Waals surface area contributed by atoms with Crippen LogP contribution in [0, 0.1) is 19.7 Å². The molecule has 0 bridgehead atoms. The highest BCUT2D eigenvalue weighted by atomic mass is 19.1. The zero-order chi connectivity index (χ0) is 15.7. The largest absolute Gasteiger partial charge is 0.274 e. The number of rotatable bonds is 2. The minimum absolute atomic E-state index is 0.249. The second-order valence-corrected chi connectivity index (χ2v) is 5.28. The fraction of sp³-hybridized carbons (Fsp3) is 0.111. The predicted molar refractivity (Wildman–Crippen MR) is 84.7 cm³/mol. The van der Waals surface area contributed by atoms with E-state index in [1.807, 2.05) is 31.2 Å². The Morgan fingerprint density at radius 1 is 1.00 bits per heavy atom. The summed E-state index contributed by atoms with van der Waals surface area (Å²) in [6.07, 6.45) is 0. The van der Waals surface area contributed by atoms with Crippen LogP contribution in [0.5, 0.6) is 0 Å². The first-order valence-corrected chi connectivity index (χ1v) is 6.98. The second kappa shape index (κ2) is 5.56. The van der Waals surface area contributed by atoms with Gasteiger partial charge in [-0.1, -0.05) is 35.9 Å². The molecular weight excluding hydrogens is 279 g/mol. The molecule has 0 spiro atoms. The van der Waals surface area contributed by atoms with Crippen molar-refractivity contribution in [1.82, 2.24) is 9.78 Å². The van der Waals surface area contributed by atoms with Crippen LogP contribution in [0.1, 0.15) is 11.1 Å². The maximum Gasteiger partial charge on any atom is 0.274 e. The average Bonchev–Trinajstić information content (AvgIpc) is 2.50. The Morgan fingerprint density at radius 3 is 2.41 bits per heavy atom. The van der Waals surface area contributed by atoms with Gasteiger partial charge in [0.15, 0.2) is 0 Å². The van der Waals surface area contributed by atoms with Crippen LogP contribution in [0.25, 0.3) is 16.9 Å². The summed E-state index contributed by atoms with van der Waals surface area (Å²) < 4.78 is 14.7. The first-order valence-electron chi connectivity index (χ1n) is 6.98. The van der Waals surface area contributed by atoms with E-state index in [1.54, 1.807) is 25.1 Å². The summed E-state index contributed by atoms with van der Waals surface area (Å²) in [7, 11) is 0. The fourth-order valence-electron chi connectivity index (χ4n) is 2.26. The number of nitrogens with zero attached hydrogens (tertiary/aromatic N) is 2. The van der Waals surface area contributed by atoms with Crippen LogP contribution in [-0.2, 0) is 0 Å². The first kappa shape index (κ1) is 14.2. The highest BCUT2D eigenvalue weighted by molar-refractivity contribution is 5.59. The summed E-state index contributed by atoms with van der Waals surface area (Å²) in [4.78, 5) is 12.3. The Balaban J connectivity index is 2.19. The van der Waals surface area contributed by atoms with Crippen molar-refractivity contribution in [3.8, 4) is 16.9 Å². The Bertz CT molecular complexity index is 882. The SMILES string of the molecule is Cc1ccc(-c2cc(C)c(=O)n(-c3cccc(F)c3)n2)cc1. The van der Waals surface area contributed by atoms with Gasteiger partial charge in [-0.15, -0.1) is 0 Å². The van der Waals surface area contributed by atoms with E-state index in [9.17, 15) is 9.18 Å². The number of halogens is 1. The zero-order valence-corrected chi connectivity index (χ0v) is 12.4. The molecule has 0 atom stereocenters. The fourth-order valence-corrected chi connectivity index (χ4v) is 2.26. The predicted octanol–water partition coefficient (Wildman–Crippen LogP) is 3.66. The van der Waals surface area contributed by atoms with Gasteiger partial charge in [0.25, 0.3) is 5.56 Å². The van der Waals surface area contributed by atoms with Gasteiger partial charge in [0.2, 0.25) is 0 Å². The molecule has 0 N–H and O–H groups in total. The van der Waals surface area contributed by atoms with Gasteiger partial charge in [0.05, 0.1) is 11.4 Å². The maximum absolute atomic E-state index is 13.4. The standard InChI is InChI=1S/C18H15FN2O/c1-12-6-8-14(9-7-12)17-10-13(2)18(22)21(20-17)16-5-3-4-15(19)11-16/h3-11H,1-2H3. The number of hydrogen-bond donors (Lipinski definition) is 0. The van der Waals surface area contributed by atoms with Crippen molar-refractivity contribution in [2.45, 2.75) is 13.8 Å². The van der Waals surface area contributed by atoms with Crippen molar-refractivity contribution < 1.29 is 4.39 Å². The summed E-state index contributed by atoms with van der Waals surface area (Å²) in [5, 5.41) is 4.38. The highest BCUT2D eigenvalue weighted by Gasteiger charge is 2.09. The molecule has 2 aromatic carbocycles. The Kier molecular flexibility index (Phi) is 3.59. The Hall–Kier alpha value is -2.75. The van der Waals surface area contributed by atoms with E-state index in [1.165, 1.54) is 16.8 Å². The van der Waals surface area contributed by atoms with E-state index in [-0.39, 0.29) is 5.56 Å². The van der Waals surface area contributed by atoms with Crippen molar-refractivity contribution in [3.05, 3.63) is 81.9 Å². The van der Waals surface area contributed by atoms with Crippen molar-refractivity contribution >= 4 is 0 Å². The summed E-state index contributed by atoms with van der Waals surface area (Å²) in [5.74, 6) is -0.399. The van der Waals surface area contributed by atoms with Crippen LogP contribution < -0.4 is 5.56 Å². The quantitative estimate of drug-likeness (QED) is 0.723. The van der Waals surface area contributed by atoms with Crippen LogP contribution in [0.2, 0.25) is 0 Å². The highest BCUT2D eigenvalue weighted by Crippen LogP contribution is 2.18. The van der Waals surface area contributed by atoms with Crippen molar-refractivity contribution in [3.63, 3.8) is 0 Å². The molecule has 0 aliphatic heterocycles. The third-order valence-electron chi connectivity index (χ3n) is 3.49. The van der Waals surface area contributed by atoms with E-state index in [4.69, 9.17) is 0 Å². The van der Waals surface area contributed by atoms with E-state index >= 15 is 0 Å². The van der Waals surface area contributed by atoms with Gasteiger partial charge in [-0.25, -0.2) is 4.39 Å². The molecule has 3 rings (SSSR count). The van der Waals surface area contributed by atoms with Crippen LogP contribution >= 0.6 is 0 Å². The molecule has 0 amide bonds. The van der Waals surface area contributed by atoms with Gasteiger partial charge in [0.1, 0.15) is 5.82 Å². The summed E-state index contributed by atoms with van der Waals surface area (Å²) in [6.45, 7) is 3.74. The van der Waals surface area contributed by atoms with Gasteiger partial charge >= 0.3 is 0 Å². The van der Waals surface area contributed by atoms with E-state index in [0.717, 1.165) is 11.1 Å². The topological polar surface area (TPSA) is 34.9 Å². The maximum atomic E-state index is 13.4. The smallest absolute Gasteiger partial charge is 0.267 e. The lowest BCUT2D eigenvalue weighted by Gasteiger charge is -2.09. The average molecular weight is 294 g/mol. The van der Waals surface area contributed by atoms with E-state index < -0.39 is 5.82 Å². The van der Waals surface area contributed by atoms with Crippen LogP contribution in [0.3, 0.4) is 0 Å². The molecule has 0 fully saturated rings. The van der Waals surface area contributed by atoms with Gasteiger partial charge in [0, 0.05) is 11.1 Å². The lowest BCUT2D eigenvalue weighted by Crippen LogP contribution is -2.23. The van der Waals surface area contributed by atoms with Crippen LogP contribution in [-0.4, -0.2) is 9.78 Å². The van der Waals surface area contributed by atoms with Gasteiger partial charge in [-0.2, -0.15) is 9.78 Å². The minimum Gasteiger partial charge on any atom is -0.267 e. The molecule has 22 heavy (non-hydrogen) atoms. The molecule has 110 valence electrons. The van der Waals surface area contributed by atoms with Crippen molar-refractivity contribution in [2.75, 3.05) is 0 Å². The molecule has 0 unspecified atom stereocenters. The first-order chi connectivity index (χ1) is 10.5. The molecule has 3 aromatic rings. The molecule has 3 nitrogen and oxygen atoms in total. The summed E-state index contributed by atoms with van der Waals surface area (Å²) in [6, 6.07) is 15.5. The van der Waals surface area contributed by atoms with Gasteiger partial charge < -0.3 is 0 Å². The summed E-state index contributed by atoms with van der Waals surface area (Å²) in [5.41, 5.74) is 3.48. The third-order valence-corrected chi connectivity index (χ3v) is 3.49. The summed E-state index contributed by atoms with van der Waals surface area (Å²) >= 11 is 0. The number of benzene rings is 2. The van der Waals surface area contributed by atoms with E-state index in [0.29, 0.717) is 16.9 Å². The van der Waals surface area contributed by atoms with Crippen molar-refractivity contribution in [1.29, 1.82) is 0 Å². The lowest BCUT2D eigenvalue weighted by atomic mass is 10.1. The number of hydrogen-bond acceptors (Lipinski definition) is 2. The minimum atomic E-state index is -0.399. The zero-order valence-electron chi connectivity index (χ0n) is 12.4. The molecule has 1 aromatic heterocycles. The molecule has 0 radical (unpaired) electrons. The Morgan fingerprint density at radius 2 is 1.73 bits per heavy atom. The third kappa shape index (κ3) is 2.68. The monoisotopic (exact) mass is 294 g/mol. The van der Waals surface area contributed by atoms with Crippen LogP contribution in [0.15, 0.2) is 59.4 Å². The van der Waals surface area contributed by atoms with Crippen molar-refractivity contribution in [2.24, 2.45) is 0 Å². The molecule has 0 aliphatic carbocycles. The Labute approximate surface area is 127 Å². The molecular formula is C18H15FN2O. The molecule has 0 saturated carbocycles. The normalized spacial score (nSPS) is 10.7. The molecule has 0 aliphatic rings. The number of aryl methyl sites for hydroxylation is 2. The lowest BCUT2D eigenvalue weighted by molar-refractivity contribution is 0.624. The van der Waals surface area contributed by atoms with Gasteiger partial charge in [-0.05, 0) is 38.1 Å². The second-order valence-electron chi connectivity index (χ2n) is 5.28. The molecule has 4 heteroatoms. The molecule has 1 heterocycles. The van der Waals surface area contributed by atoms with Crippen LogP contribution in [0.4, 0.5) is 4.39 Å². The number of aromatic nitrogens is 2. The van der Waals surface area contributed by atoms with Gasteiger partial charge in [-0.3, -0.25) is 4.79 Å². The molecule has 0 saturated heterocycles.